The number of hydrogen-bond acceptors (Lipinski definition) is 4. The monoisotopic (exact) mass is 647 g/mol. The van der Waals surface area contributed by atoms with Crippen LogP contribution in [0.3, 0.4) is 0 Å². The number of carbonyl (C=O) groups excluding carboxylic acids is 2. The van der Waals surface area contributed by atoms with Gasteiger partial charge in [-0.2, -0.15) is 0 Å². The minimum Gasteiger partial charge on any atom is -0.350 e. The Morgan fingerprint density at radius 2 is 1.60 bits per heavy atom. The van der Waals surface area contributed by atoms with E-state index in [1.807, 2.05) is 82.3 Å². The maximum absolute atomic E-state index is 14.1. The van der Waals surface area contributed by atoms with E-state index in [0.29, 0.717) is 5.02 Å². The highest BCUT2D eigenvalue weighted by Gasteiger charge is 2.34. The lowest BCUT2D eigenvalue weighted by molar-refractivity contribution is -0.140. The number of amides is 2. The summed E-state index contributed by atoms with van der Waals surface area (Å²) in [4.78, 5) is 29.3. The molecule has 0 aliphatic rings. The number of rotatable bonds is 10. The predicted molar refractivity (Wildman–Crippen MR) is 165 cm³/mol. The van der Waals surface area contributed by atoms with Crippen molar-refractivity contribution in [1.82, 2.24) is 10.2 Å². The Balaban J connectivity index is 2.08. The Morgan fingerprint density at radius 1 is 0.975 bits per heavy atom. The molecule has 0 saturated carbocycles. The molecule has 3 aromatic rings. The van der Waals surface area contributed by atoms with E-state index >= 15 is 0 Å². The number of benzene rings is 3. The Labute approximate surface area is 250 Å². The first-order valence-corrected chi connectivity index (χ1v) is 15.8. The van der Waals surface area contributed by atoms with Crippen LogP contribution in [0.25, 0.3) is 0 Å². The smallest absolute Gasteiger partial charge is 0.244 e. The van der Waals surface area contributed by atoms with E-state index in [-0.39, 0.29) is 24.6 Å². The minimum atomic E-state index is -3.87. The summed E-state index contributed by atoms with van der Waals surface area (Å²) in [6, 6.07) is 20.8. The molecule has 7 nitrogen and oxygen atoms in total. The fraction of sp³-hybridized carbons (Fsp3) is 0.333. The SMILES string of the molecule is Cc1ccc(N(CC(=O)N(Cc2ccc(Br)cc2)[C@H](Cc2ccccc2)C(=O)NC(C)(C)C)S(C)(=O)=O)cc1Cl. The first kappa shape index (κ1) is 31.6. The second kappa shape index (κ2) is 13.2. The van der Waals surface area contributed by atoms with Gasteiger partial charge in [0.2, 0.25) is 21.8 Å². The van der Waals surface area contributed by atoms with E-state index in [1.165, 1.54) is 11.0 Å². The van der Waals surface area contributed by atoms with Gasteiger partial charge in [-0.3, -0.25) is 13.9 Å². The normalized spacial score (nSPS) is 12.5. The highest BCUT2D eigenvalue weighted by Crippen LogP contribution is 2.26. The summed E-state index contributed by atoms with van der Waals surface area (Å²) in [5.41, 5.74) is 2.17. The third-order valence-electron chi connectivity index (χ3n) is 6.16. The van der Waals surface area contributed by atoms with Crippen LogP contribution in [0.5, 0.6) is 0 Å². The van der Waals surface area contributed by atoms with E-state index in [4.69, 9.17) is 11.6 Å². The van der Waals surface area contributed by atoms with Crippen molar-refractivity contribution in [3.05, 3.63) is 99.0 Å². The molecule has 40 heavy (non-hydrogen) atoms. The zero-order valence-electron chi connectivity index (χ0n) is 23.3. The molecule has 0 bridgehead atoms. The van der Waals surface area contributed by atoms with Crippen molar-refractivity contribution in [1.29, 1.82) is 0 Å². The molecule has 3 aromatic carbocycles. The van der Waals surface area contributed by atoms with Crippen molar-refractivity contribution in [2.24, 2.45) is 0 Å². The zero-order chi connectivity index (χ0) is 29.7. The third kappa shape index (κ3) is 9.08. The Kier molecular flexibility index (Phi) is 10.4. The van der Waals surface area contributed by atoms with Crippen molar-refractivity contribution in [3.63, 3.8) is 0 Å². The predicted octanol–water partition coefficient (Wildman–Crippen LogP) is 5.73. The Morgan fingerprint density at radius 3 is 2.15 bits per heavy atom. The lowest BCUT2D eigenvalue weighted by Gasteiger charge is -2.35. The van der Waals surface area contributed by atoms with Crippen LogP contribution in [0.4, 0.5) is 5.69 Å². The average molecular weight is 649 g/mol. The van der Waals surface area contributed by atoms with Crippen LogP contribution in [0.1, 0.15) is 37.5 Å². The maximum Gasteiger partial charge on any atom is 0.244 e. The van der Waals surface area contributed by atoms with Crippen molar-refractivity contribution in [2.45, 2.75) is 52.2 Å². The highest BCUT2D eigenvalue weighted by atomic mass is 79.9. The summed E-state index contributed by atoms with van der Waals surface area (Å²) >= 11 is 9.73. The standard InChI is InChI=1S/C30H35BrClN3O4S/c1-21-11-16-25(18-26(21)32)35(40(5,38)39)20-28(36)34(19-23-12-14-24(31)15-13-23)27(29(37)33-30(2,3)4)17-22-9-7-6-8-10-22/h6-16,18,27H,17,19-20H2,1-5H3,(H,33,37)/t27-/m1/s1. The zero-order valence-corrected chi connectivity index (χ0v) is 26.5. The first-order chi connectivity index (χ1) is 18.6. The number of aryl methyl sites for hydroxylation is 1. The molecule has 0 fully saturated rings. The van der Waals surface area contributed by atoms with E-state index < -0.39 is 34.1 Å². The van der Waals surface area contributed by atoms with E-state index in [9.17, 15) is 18.0 Å². The van der Waals surface area contributed by atoms with Gasteiger partial charge in [0.1, 0.15) is 12.6 Å². The van der Waals surface area contributed by atoms with Crippen molar-refractivity contribution in [2.75, 3.05) is 17.1 Å². The Hall–Kier alpha value is -2.88. The molecule has 214 valence electrons. The molecule has 3 rings (SSSR count). The molecule has 2 amide bonds. The number of anilines is 1. The molecule has 0 aliphatic heterocycles. The highest BCUT2D eigenvalue weighted by molar-refractivity contribution is 9.10. The summed E-state index contributed by atoms with van der Waals surface area (Å²) in [7, 11) is -3.87. The van der Waals surface area contributed by atoms with Crippen LogP contribution in [0.15, 0.2) is 77.3 Å². The number of sulfonamides is 1. The Bertz CT molecular complexity index is 1440. The summed E-state index contributed by atoms with van der Waals surface area (Å²) in [5, 5.41) is 3.39. The van der Waals surface area contributed by atoms with Gasteiger partial charge in [-0.05, 0) is 68.7 Å². The molecular formula is C30H35BrClN3O4S. The lowest BCUT2D eigenvalue weighted by atomic mass is 10.0. The van der Waals surface area contributed by atoms with Gasteiger partial charge in [0, 0.05) is 28.0 Å². The van der Waals surface area contributed by atoms with Gasteiger partial charge in [-0.25, -0.2) is 8.42 Å². The number of nitrogens with one attached hydrogen (secondary N) is 1. The van der Waals surface area contributed by atoms with Crippen LogP contribution < -0.4 is 9.62 Å². The molecule has 0 saturated heterocycles. The number of hydrogen-bond donors (Lipinski definition) is 1. The molecule has 0 heterocycles. The third-order valence-corrected chi connectivity index (χ3v) is 8.23. The molecule has 0 aliphatic carbocycles. The van der Waals surface area contributed by atoms with Crippen molar-refractivity contribution < 1.29 is 18.0 Å². The quantitative estimate of drug-likeness (QED) is 0.304. The molecule has 0 radical (unpaired) electrons. The number of carbonyl (C=O) groups is 2. The van der Waals surface area contributed by atoms with E-state index in [2.05, 4.69) is 21.2 Å². The number of halogens is 2. The molecule has 0 spiro atoms. The van der Waals surface area contributed by atoms with Crippen molar-refractivity contribution in [3.8, 4) is 0 Å². The topological polar surface area (TPSA) is 86.8 Å². The molecular weight excluding hydrogens is 614 g/mol. The van der Waals surface area contributed by atoms with Crippen LogP contribution in [-0.2, 0) is 32.6 Å². The average Bonchev–Trinajstić information content (AvgIpc) is 2.86. The van der Waals surface area contributed by atoms with Crippen molar-refractivity contribution >= 4 is 55.1 Å². The van der Waals surface area contributed by atoms with Gasteiger partial charge < -0.3 is 10.2 Å². The van der Waals surface area contributed by atoms with Crippen LogP contribution in [0, 0.1) is 6.92 Å². The summed E-state index contributed by atoms with van der Waals surface area (Å²) in [6.07, 6.45) is 1.29. The number of nitrogens with zero attached hydrogens (tertiary/aromatic N) is 2. The van der Waals surface area contributed by atoms with Gasteiger partial charge in [-0.15, -0.1) is 0 Å². The van der Waals surface area contributed by atoms with Gasteiger partial charge in [-0.1, -0.05) is 76.1 Å². The van der Waals surface area contributed by atoms with Crippen LogP contribution in [-0.4, -0.2) is 49.5 Å². The van der Waals surface area contributed by atoms with E-state index in [1.54, 1.807) is 12.1 Å². The summed E-state index contributed by atoms with van der Waals surface area (Å²) < 4.78 is 27.7. The fourth-order valence-electron chi connectivity index (χ4n) is 4.14. The molecule has 1 N–H and O–H groups in total. The molecule has 0 unspecified atom stereocenters. The minimum absolute atomic E-state index is 0.105. The van der Waals surface area contributed by atoms with Crippen LogP contribution in [0.2, 0.25) is 5.02 Å². The van der Waals surface area contributed by atoms with E-state index in [0.717, 1.165) is 31.7 Å². The maximum atomic E-state index is 14.1. The summed E-state index contributed by atoms with van der Waals surface area (Å²) in [5.74, 6) is -0.846. The second-order valence-corrected chi connectivity index (χ2v) is 14.0. The molecule has 0 aromatic heterocycles. The molecule has 1 atom stereocenters. The van der Waals surface area contributed by atoms with Crippen LogP contribution >= 0.6 is 27.5 Å². The lowest BCUT2D eigenvalue weighted by Crippen LogP contribution is -2.56. The summed E-state index contributed by atoms with van der Waals surface area (Å²) in [6.45, 7) is 7.04. The molecule has 10 heteroatoms. The van der Waals surface area contributed by atoms with Gasteiger partial charge in [0.25, 0.3) is 0 Å². The first-order valence-electron chi connectivity index (χ1n) is 12.8. The fourth-order valence-corrected chi connectivity index (χ4v) is 5.42. The van der Waals surface area contributed by atoms with Gasteiger partial charge >= 0.3 is 0 Å². The van der Waals surface area contributed by atoms with Gasteiger partial charge in [0.15, 0.2) is 0 Å². The van der Waals surface area contributed by atoms with Gasteiger partial charge in [0.05, 0.1) is 11.9 Å². The largest absolute Gasteiger partial charge is 0.350 e. The second-order valence-electron chi connectivity index (χ2n) is 10.8.